The van der Waals surface area contributed by atoms with Gasteiger partial charge in [0.1, 0.15) is 5.82 Å². The predicted octanol–water partition coefficient (Wildman–Crippen LogP) is 4.07. The molecule has 0 aliphatic rings. The van der Waals surface area contributed by atoms with Gasteiger partial charge in [0.05, 0.1) is 5.75 Å². The Kier molecular flexibility index (Phi) is 4.99. The summed E-state index contributed by atoms with van der Waals surface area (Å²) in [5.41, 5.74) is 2.11. The van der Waals surface area contributed by atoms with Crippen LogP contribution in [0.3, 0.4) is 0 Å². The van der Waals surface area contributed by atoms with Gasteiger partial charge in [0.2, 0.25) is 11.8 Å². The molecule has 0 amide bonds. The number of aromatic nitrogens is 5. The van der Waals surface area contributed by atoms with E-state index in [2.05, 4.69) is 45.7 Å². The Hall–Kier alpha value is -2.15. The molecule has 3 aromatic rings. The highest BCUT2D eigenvalue weighted by atomic mass is 32.2. The quantitative estimate of drug-likeness (QED) is 0.628. The summed E-state index contributed by atoms with van der Waals surface area (Å²) in [6.45, 7) is 9.23. The molecule has 1 aromatic carbocycles. The number of nitrogens with zero attached hydrogens (tertiary/aromatic N) is 5. The molecule has 0 unspecified atom stereocenters. The highest BCUT2D eigenvalue weighted by Gasteiger charge is 2.16. The third-order valence-corrected chi connectivity index (χ3v) is 4.59. The van der Waals surface area contributed by atoms with Gasteiger partial charge in [-0.3, -0.25) is 0 Å². The molecule has 6 nitrogen and oxygen atoms in total. The van der Waals surface area contributed by atoms with Gasteiger partial charge in [0.15, 0.2) is 5.16 Å². The molecule has 0 atom stereocenters. The van der Waals surface area contributed by atoms with Gasteiger partial charge in [0.25, 0.3) is 0 Å². The summed E-state index contributed by atoms with van der Waals surface area (Å²) < 4.78 is 7.91. The van der Waals surface area contributed by atoms with Gasteiger partial charge in [0, 0.05) is 18.0 Å². The van der Waals surface area contributed by atoms with Gasteiger partial charge in [-0.25, -0.2) is 0 Å². The van der Waals surface area contributed by atoms with Crippen molar-refractivity contribution in [3.8, 4) is 11.5 Å². The van der Waals surface area contributed by atoms with E-state index in [1.54, 1.807) is 11.8 Å². The minimum absolute atomic E-state index is 0.350. The van der Waals surface area contributed by atoms with Crippen LogP contribution in [0, 0.1) is 6.92 Å². The second kappa shape index (κ2) is 7.17. The Morgan fingerprint density at radius 3 is 2.71 bits per heavy atom. The zero-order valence-electron chi connectivity index (χ0n) is 14.4. The number of benzene rings is 1. The highest BCUT2D eigenvalue weighted by Crippen LogP contribution is 2.26. The summed E-state index contributed by atoms with van der Waals surface area (Å²) in [5.74, 6) is 3.08. The van der Waals surface area contributed by atoms with Crippen LogP contribution in [0.25, 0.3) is 11.5 Å². The fourth-order valence-corrected chi connectivity index (χ4v) is 3.31. The lowest BCUT2D eigenvalue weighted by atomic mass is 10.1. The molecular formula is C17H21N5OS. The zero-order valence-corrected chi connectivity index (χ0v) is 15.2. The fourth-order valence-electron chi connectivity index (χ4n) is 2.46. The summed E-state index contributed by atoms with van der Waals surface area (Å²) in [7, 11) is 0. The van der Waals surface area contributed by atoms with Crippen LogP contribution in [-0.2, 0) is 12.3 Å². The first-order chi connectivity index (χ1) is 11.6. The molecule has 2 aromatic heterocycles. The van der Waals surface area contributed by atoms with E-state index in [1.807, 2.05) is 31.2 Å². The monoisotopic (exact) mass is 343 g/mol. The lowest BCUT2D eigenvalue weighted by Gasteiger charge is -2.08. The van der Waals surface area contributed by atoms with Gasteiger partial charge >= 0.3 is 0 Å². The molecule has 126 valence electrons. The molecule has 0 bridgehead atoms. The van der Waals surface area contributed by atoms with Crippen molar-refractivity contribution in [1.29, 1.82) is 0 Å². The third-order valence-electron chi connectivity index (χ3n) is 3.63. The summed E-state index contributed by atoms with van der Waals surface area (Å²) in [6, 6.07) is 8.04. The van der Waals surface area contributed by atoms with Crippen molar-refractivity contribution in [3.63, 3.8) is 0 Å². The smallest absolute Gasteiger partial charge is 0.247 e. The average Bonchev–Trinajstić information content (AvgIpc) is 3.19. The van der Waals surface area contributed by atoms with E-state index in [1.165, 1.54) is 5.56 Å². The Labute approximate surface area is 145 Å². The van der Waals surface area contributed by atoms with E-state index < -0.39 is 0 Å². The third kappa shape index (κ3) is 3.51. The lowest BCUT2D eigenvalue weighted by Crippen LogP contribution is -2.04. The van der Waals surface area contributed by atoms with Crippen molar-refractivity contribution >= 4 is 11.8 Å². The Bertz CT molecular complexity index is 824. The zero-order chi connectivity index (χ0) is 17.1. The van der Waals surface area contributed by atoms with Gasteiger partial charge in [-0.1, -0.05) is 43.3 Å². The van der Waals surface area contributed by atoms with Crippen molar-refractivity contribution < 1.29 is 4.42 Å². The second-order valence-electron chi connectivity index (χ2n) is 5.90. The summed E-state index contributed by atoms with van der Waals surface area (Å²) >= 11 is 1.57. The average molecular weight is 343 g/mol. The standard InChI is InChI=1S/C17H21N5OS/c1-5-22-15(11(2)3)19-21-17(22)24-10-14-18-20-16(23-14)13-8-6-7-12(4)9-13/h6-9,11H,5,10H2,1-4H3. The van der Waals surface area contributed by atoms with Crippen molar-refractivity contribution in [2.24, 2.45) is 0 Å². The van der Waals surface area contributed by atoms with Gasteiger partial charge in [-0.2, -0.15) is 0 Å². The van der Waals surface area contributed by atoms with E-state index >= 15 is 0 Å². The maximum absolute atomic E-state index is 5.77. The van der Waals surface area contributed by atoms with Gasteiger partial charge < -0.3 is 8.98 Å². The van der Waals surface area contributed by atoms with E-state index in [0.717, 1.165) is 23.1 Å². The molecule has 0 aliphatic carbocycles. The van der Waals surface area contributed by atoms with Crippen LogP contribution >= 0.6 is 11.8 Å². The molecule has 7 heteroatoms. The summed E-state index contributed by atoms with van der Waals surface area (Å²) in [4.78, 5) is 0. The highest BCUT2D eigenvalue weighted by molar-refractivity contribution is 7.98. The molecule has 24 heavy (non-hydrogen) atoms. The van der Waals surface area contributed by atoms with Crippen LogP contribution in [0.2, 0.25) is 0 Å². The summed E-state index contributed by atoms with van der Waals surface area (Å²) in [6.07, 6.45) is 0. The number of hydrogen-bond acceptors (Lipinski definition) is 6. The summed E-state index contributed by atoms with van der Waals surface area (Å²) in [5, 5.41) is 17.7. The largest absolute Gasteiger partial charge is 0.420 e. The first kappa shape index (κ1) is 16.7. The first-order valence-electron chi connectivity index (χ1n) is 8.03. The van der Waals surface area contributed by atoms with Crippen LogP contribution < -0.4 is 0 Å². The van der Waals surface area contributed by atoms with E-state index in [4.69, 9.17) is 4.42 Å². The Balaban J connectivity index is 1.72. The van der Waals surface area contributed by atoms with Crippen LogP contribution in [0.4, 0.5) is 0 Å². The minimum atomic E-state index is 0.350. The molecule has 0 aliphatic heterocycles. The molecule has 0 saturated carbocycles. The Morgan fingerprint density at radius 1 is 1.17 bits per heavy atom. The molecular weight excluding hydrogens is 322 g/mol. The van der Waals surface area contributed by atoms with Gasteiger partial charge in [-0.05, 0) is 26.0 Å². The molecule has 0 spiro atoms. The number of rotatable bonds is 6. The second-order valence-corrected chi connectivity index (χ2v) is 6.84. The minimum Gasteiger partial charge on any atom is -0.420 e. The predicted molar refractivity (Wildman–Crippen MR) is 93.8 cm³/mol. The van der Waals surface area contributed by atoms with E-state index in [0.29, 0.717) is 23.5 Å². The maximum atomic E-state index is 5.77. The number of thioether (sulfide) groups is 1. The first-order valence-corrected chi connectivity index (χ1v) is 9.02. The fraction of sp³-hybridized carbons (Fsp3) is 0.412. The molecule has 2 heterocycles. The normalized spacial score (nSPS) is 11.4. The van der Waals surface area contributed by atoms with Crippen LogP contribution in [0.1, 0.15) is 44.0 Å². The van der Waals surface area contributed by atoms with Crippen LogP contribution in [-0.4, -0.2) is 25.0 Å². The molecule has 0 fully saturated rings. The van der Waals surface area contributed by atoms with E-state index in [9.17, 15) is 0 Å². The maximum Gasteiger partial charge on any atom is 0.247 e. The van der Waals surface area contributed by atoms with Crippen molar-refractivity contribution in [1.82, 2.24) is 25.0 Å². The van der Waals surface area contributed by atoms with Crippen LogP contribution in [0.5, 0.6) is 0 Å². The molecule has 3 rings (SSSR count). The molecule has 0 radical (unpaired) electrons. The topological polar surface area (TPSA) is 69.6 Å². The van der Waals surface area contributed by atoms with Crippen molar-refractivity contribution in [3.05, 3.63) is 41.5 Å². The van der Waals surface area contributed by atoms with Crippen molar-refractivity contribution in [2.75, 3.05) is 0 Å². The van der Waals surface area contributed by atoms with Crippen LogP contribution in [0.15, 0.2) is 33.8 Å². The SMILES string of the molecule is CCn1c(SCc2nnc(-c3cccc(C)c3)o2)nnc1C(C)C. The van der Waals surface area contributed by atoms with Gasteiger partial charge in [-0.15, -0.1) is 20.4 Å². The molecule has 0 N–H and O–H groups in total. The molecule has 0 saturated heterocycles. The number of aryl methyl sites for hydroxylation is 1. The lowest BCUT2D eigenvalue weighted by molar-refractivity contribution is 0.528. The Morgan fingerprint density at radius 2 is 2.00 bits per heavy atom. The van der Waals surface area contributed by atoms with Crippen molar-refractivity contribution in [2.45, 2.75) is 51.1 Å². The number of hydrogen-bond donors (Lipinski definition) is 0. The van der Waals surface area contributed by atoms with E-state index in [-0.39, 0.29) is 0 Å².